The third-order valence-electron chi connectivity index (χ3n) is 3.83. The standard InChI is InChI=1S/C14H22O4/c1-8(2)13(15)18-12-6-10-4-9(3)17-14(16)11(5-10)7-12/h8-12H,4-7H2,1-3H3. The van der Waals surface area contributed by atoms with E-state index in [4.69, 9.17) is 9.47 Å². The lowest BCUT2D eigenvalue weighted by Crippen LogP contribution is -2.33. The van der Waals surface area contributed by atoms with E-state index >= 15 is 0 Å². The molecular formula is C14H22O4. The van der Waals surface area contributed by atoms with Crippen LogP contribution in [0.2, 0.25) is 0 Å². The minimum Gasteiger partial charge on any atom is -0.462 e. The number of esters is 2. The van der Waals surface area contributed by atoms with Crippen molar-refractivity contribution < 1.29 is 19.1 Å². The maximum absolute atomic E-state index is 11.8. The van der Waals surface area contributed by atoms with Crippen LogP contribution in [0, 0.1) is 17.8 Å². The predicted molar refractivity (Wildman–Crippen MR) is 65.7 cm³/mol. The molecule has 1 saturated heterocycles. The van der Waals surface area contributed by atoms with Crippen molar-refractivity contribution in [3.05, 3.63) is 0 Å². The van der Waals surface area contributed by atoms with Crippen molar-refractivity contribution in [2.75, 3.05) is 0 Å². The van der Waals surface area contributed by atoms with Gasteiger partial charge in [-0.3, -0.25) is 9.59 Å². The van der Waals surface area contributed by atoms with E-state index in [1.165, 1.54) is 0 Å². The van der Waals surface area contributed by atoms with Crippen molar-refractivity contribution in [3.63, 3.8) is 0 Å². The summed E-state index contributed by atoms with van der Waals surface area (Å²) >= 11 is 0. The fourth-order valence-corrected chi connectivity index (χ4v) is 2.97. The van der Waals surface area contributed by atoms with E-state index in [1.54, 1.807) is 0 Å². The number of hydrogen-bond donors (Lipinski definition) is 0. The van der Waals surface area contributed by atoms with Crippen molar-refractivity contribution in [3.8, 4) is 0 Å². The Hall–Kier alpha value is -1.06. The van der Waals surface area contributed by atoms with Gasteiger partial charge in [0.2, 0.25) is 0 Å². The Bertz CT molecular complexity index is 337. The second-order valence-electron chi connectivity index (χ2n) is 5.97. The molecule has 2 rings (SSSR count). The van der Waals surface area contributed by atoms with Gasteiger partial charge in [-0.25, -0.2) is 0 Å². The third kappa shape index (κ3) is 3.03. The van der Waals surface area contributed by atoms with Gasteiger partial charge < -0.3 is 9.47 Å². The van der Waals surface area contributed by atoms with Crippen LogP contribution in [0.4, 0.5) is 0 Å². The molecule has 0 N–H and O–H groups in total. The molecule has 4 heteroatoms. The Kier molecular flexibility index (Phi) is 3.93. The van der Waals surface area contributed by atoms with E-state index in [1.807, 2.05) is 20.8 Å². The smallest absolute Gasteiger partial charge is 0.309 e. The summed E-state index contributed by atoms with van der Waals surface area (Å²) in [6.07, 6.45) is 3.15. The first-order valence-corrected chi connectivity index (χ1v) is 6.86. The highest BCUT2D eigenvalue weighted by atomic mass is 16.6. The number of fused-ring (bicyclic) bond motifs is 2. The van der Waals surface area contributed by atoms with Gasteiger partial charge >= 0.3 is 11.9 Å². The molecule has 4 atom stereocenters. The number of rotatable bonds is 2. The number of cyclic esters (lactones) is 1. The molecule has 2 bridgehead atoms. The van der Waals surface area contributed by atoms with Crippen LogP contribution in [-0.4, -0.2) is 24.1 Å². The van der Waals surface area contributed by atoms with Crippen molar-refractivity contribution in [1.82, 2.24) is 0 Å². The Balaban J connectivity index is 2.00. The fraction of sp³-hybridized carbons (Fsp3) is 0.857. The van der Waals surface area contributed by atoms with Crippen molar-refractivity contribution in [1.29, 1.82) is 0 Å². The van der Waals surface area contributed by atoms with Crippen molar-refractivity contribution in [2.45, 2.75) is 58.7 Å². The van der Waals surface area contributed by atoms with E-state index in [2.05, 4.69) is 0 Å². The fourth-order valence-electron chi connectivity index (χ4n) is 2.97. The molecule has 4 nitrogen and oxygen atoms in total. The minimum absolute atomic E-state index is 0.00736. The van der Waals surface area contributed by atoms with E-state index in [0.29, 0.717) is 12.3 Å². The minimum atomic E-state index is -0.167. The summed E-state index contributed by atoms with van der Waals surface area (Å²) in [7, 11) is 0. The molecule has 1 aliphatic heterocycles. The molecule has 4 unspecified atom stereocenters. The van der Waals surface area contributed by atoms with Gasteiger partial charge in [-0.1, -0.05) is 13.8 Å². The SMILES string of the molecule is CC1CC2CC(OC(=O)C(C)C)CC(C2)C(=O)O1. The van der Waals surface area contributed by atoms with E-state index in [0.717, 1.165) is 19.3 Å². The first-order chi connectivity index (χ1) is 8.45. The number of carbonyl (C=O) groups excluding carboxylic acids is 2. The summed E-state index contributed by atoms with van der Waals surface area (Å²) < 4.78 is 10.8. The summed E-state index contributed by atoms with van der Waals surface area (Å²) in [5.41, 5.74) is 0. The average molecular weight is 254 g/mol. The van der Waals surface area contributed by atoms with E-state index in [9.17, 15) is 9.59 Å². The Labute approximate surface area is 108 Å². The molecule has 18 heavy (non-hydrogen) atoms. The van der Waals surface area contributed by atoms with Crippen LogP contribution in [-0.2, 0) is 19.1 Å². The predicted octanol–water partition coefficient (Wildman–Crippen LogP) is 2.31. The second kappa shape index (κ2) is 5.29. The maximum atomic E-state index is 11.8. The molecule has 0 aromatic carbocycles. The lowest BCUT2D eigenvalue weighted by molar-refractivity contribution is -0.160. The van der Waals surface area contributed by atoms with Crippen LogP contribution in [0.5, 0.6) is 0 Å². The quantitative estimate of drug-likeness (QED) is 0.710. The molecule has 1 saturated carbocycles. The molecular weight excluding hydrogens is 232 g/mol. The lowest BCUT2D eigenvalue weighted by Gasteiger charge is -2.31. The monoisotopic (exact) mass is 254 g/mol. The van der Waals surface area contributed by atoms with Gasteiger partial charge in [-0.2, -0.15) is 0 Å². The van der Waals surface area contributed by atoms with Gasteiger partial charge in [0.1, 0.15) is 6.10 Å². The zero-order valence-electron chi connectivity index (χ0n) is 11.3. The highest BCUT2D eigenvalue weighted by Gasteiger charge is 2.39. The van der Waals surface area contributed by atoms with Gasteiger partial charge in [0.15, 0.2) is 0 Å². The first-order valence-electron chi connectivity index (χ1n) is 6.86. The van der Waals surface area contributed by atoms with E-state index < -0.39 is 0 Å². The van der Waals surface area contributed by atoms with Crippen molar-refractivity contribution >= 4 is 11.9 Å². The van der Waals surface area contributed by atoms with Gasteiger partial charge in [0, 0.05) is 0 Å². The molecule has 0 radical (unpaired) electrons. The van der Waals surface area contributed by atoms with Crippen LogP contribution in [0.15, 0.2) is 0 Å². The molecule has 2 aliphatic rings. The Morgan fingerprint density at radius 3 is 2.67 bits per heavy atom. The molecule has 0 aromatic heterocycles. The second-order valence-corrected chi connectivity index (χ2v) is 5.97. The van der Waals surface area contributed by atoms with Crippen LogP contribution in [0.1, 0.15) is 46.5 Å². The van der Waals surface area contributed by atoms with Crippen LogP contribution in [0.3, 0.4) is 0 Å². The zero-order valence-corrected chi connectivity index (χ0v) is 11.3. The summed E-state index contributed by atoms with van der Waals surface area (Å²) in [5, 5.41) is 0. The van der Waals surface area contributed by atoms with Crippen molar-refractivity contribution in [2.24, 2.45) is 17.8 Å². The molecule has 0 amide bonds. The largest absolute Gasteiger partial charge is 0.462 e. The number of ether oxygens (including phenoxy) is 2. The first kappa shape index (κ1) is 13.4. The van der Waals surface area contributed by atoms with Crippen LogP contribution < -0.4 is 0 Å². The molecule has 1 aliphatic carbocycles. The number of carbonyl (C=O) groups is 2. The molecule has 1 heterocycles. The third-order valence-corrected chi connectivity index (χ3v) is 3.83. The molecule has 0 aromatic rings. The normalized spacial score (nSPS) is 35.9. The lowest BCUT2D eigenvalue weighted by atomic mass is 9.78. The van der Waals surface area contributed by atoms with Gasteiger partial charge in [-0.15, -0.1) is 0 Å². The molecule has 102 valence electrons. The summed E-state index contributed by atoms with van der Waals surface area (Å²) in [4.78, 5) is 23.5. The van der Waals surface area contributed by atoms with Crippen LogP contribution >= 0.6 is 0 Å². The Morgan fingerprint density at radius 2 is 2.00 bits per heavy atom. The Morgan fingerprint density at radius 1 is 1.28 bits per heavy atom. The highest BCUT2D eigenvalue weighted by molar-refractivity contribution is 5.74. The van der Waals surface area contributed by atoms with Crippen LogP contribution in [0.25, 0.3) is 0 Å². The average Bonchev–Trinajstić information content (AvgIpc) is 2.36. The summed E-state index contributed by atoms with van der Waals surface area (Å²) in [5.74, 6) is -0.0380. The maximum Gasteiger partial charge on any atom is 0.309 e. The molecule has 0 spiro atoms. The highest BCUT2D eigenvalue weighted by Crippen LogP contribution is 2.37. The van der Waals surface area contributed by atoms with E-state index in [-0.39, 0.29) is 36.0 Å². The zero-order chi connectivity index (χ0) is 13.3. The van der Waals surface area contributed by atoms with Gasteiger partial charge in [0.05, 0.1) is 17.9 Å². The van der Waals surface area contributed by atoms with Gasteiger partial charge in [0.25, 0.3) is 0 Å². The summed E-state index contributed by atoms with van der Waals surface area (Å²) in [6.45, 7) is 5.59. The topological polar surface area (TPSA) is 52.6 Å². The number of hydrogen-bond acceptors (Lipinski definition) is 4. The summed E-state index contributed by atoms with van der Waals surface area (Å²) in [6, 6.07) is 0. The molecule has 2 fully saturated rings. The van der Waals surface area contributed by atoms with Gasteiger partial charge in [-0.05, 0) is 38.5 Å².